The number of nitrogens with one attached hydrogen (secondary N) is 2. The van der Waals surface area contributed by atoms with Gasteiger partial charge in [-0.15, -0.1) is 0 Å². The van der Waals surface area contributed by atoms with Crippen LogP contribution in [0, 0.1) is 5.41 Å². The zero-order chi connectivity index (χ0) is 15.7. The van der Waals surface area contributed by atoms with Crippen LogP contribution < -0.4 is 10.6 Å². The van der Waals surface area contributed by atoms with Gasteiger partial charge in [0.05, 0.1) is 10.9 Å². The van der Waals surface area contributed by atoms with Crippen molar-refractivity contribution < 1.29 is 4.79 Å². The smallest absolute Gasteiger partial charge is 0.227 e. The number of rotatable bonds is 4. The molecule has 4 nitrogen and oxygen atoms in total. The van der Waals surface area contributed by atoms with Gasteiger partial charge in [0.15, 0.2) is 0 Å². The van der Waals surface area contributed by atoms with Crippen molar-refractivity contribution in [1.82, 2.24) is 15.6 Å². The summed E-state index contributed by atoms with van der Waals surface area (Å²) in [5.74, 6) is 0.257. The van der Waals surface area contributed by atoms with Crippen molar-refractivity contribution in [3.05, 3.63) is 42.1 Å². The number of aromatic nitrogens is 1. The van der Waals surface area contributed by atoms with Crippen LogP contribution in [0.2, 0.25) is 0 Å². The second kappa shape index (κ2) is 5.93. The third-order valence-electron chi connectivity index (χ3n) is 5.56. The van der Waals surface area contributed by atoms with Gasteiger partial charge >= 0.3 is 0 Å². The van der Waals surface area contributed by atoms with E-state index in [1.807, 2.05) is 12.3 Å². The first-order valence-electron chi connectivity index (χ1n) is 8.63. The molecule has 0 radical (unpaired) electrons. The molecule has 120 valence electrons. The Morgan fingerprint density at radius 1 is 1.35 bits per heavy atom. The second-order valence-corrected chi connectivity index (χ2v) is 6.84. The van der Waals surface area contributed by atoms with Crippen LogP contribution >= 0.6 is 0 Å². The van der Waals surface area contributed by atoms with Crippen molar-refractivity contribution in [2.75, 3.05) is 13.1 Å². The maximum atomic E-state index is 12.7. The highest BCUT2D eigenvalue weighted by Gasteiger charge is 2.51. The molecule has 1 amide bonds. The highest BCUT2D eigenvalue weighted by molar-refractivity contribution is 5.84. The van der Waals surface area contributed by atoms with E-state index in [2.05, 4.69) is 39.9 Å². The minimum absolute atomic E-state index is 0.132. The molecular formula is C19H23N3O. The molecule has 4 rings (SSSR count). The van der Waals surface area contributed by atoms with E-state index in [1.54, 1.807) is 0 Å². The molecule has 2 fully saturated rings. The molecule has 1 aromatic heterocycles. The molecular weight excluding hydrogens is 286 g/mol. The number of carbonyl (C=O) groups is 1. The monoisotopic (exact) mass is 309 g/mol. The van der Waals surface area contributed by atoms with Crippen molar-refractivity contribution in [2.24, 2.45) is 5.41 Å². The Labute approximate surface area is 136 Å². The predicted octanol–water partition coefficient (Wildman–Crippen LogP) is 2.43. The van der Waals surface area contributed by atoms with Crippen molar-refractivity contribution in [3.63, 3.8) is 0 Å². The first kappa shape index (κ1) is 14.6. The van der Waals surface area contributed by atoms with Gasteiger partial charge in [0.2, 0.25) is 5.91 Å². The number of nitrogens with zero attached hydrogens (tertiary/aromatic N) is 1. The number of fused-ring (bicyclic) bond motifs is 2. The first-order chi connectivity index (χ1) is 11.3. The number of benzene rings is 1. The number of carbonyl (C=O) groups excluding carboxylic acids is 1. The molecule has 23 heavy (non-hydrogen) atoms. The Morgan fingerprint density at radius 2 is 2.30 bits per heavy atom. The summed E-state index contributed by atoms with van der Waals surface area (Å²) in [6.45, 7) is 1.69. The lowest BCUT2D eigenvalue weighted by Crippen LogP contribution is -2.45. The van der Waals surface area contributed by atoms with Gasteiger partial charge in [0.1, 0.15) is 0 Å². The summed E-state index contributed by atoms with van der Waals surface area (Å²) in [4.78, 5) is 17.0. The average Bonchev–Trinajstić information content (AvgIpc) is 3.15. The van der Waals surface area contributed by atoms with Gasteiger partial charge in [-0.3, -0.25) is 9.78 Å². The zero-order valence-electron chi connectivity index (χ0n) is 13.3. The van der Waals surface area contributed by atoms with Crippen LogP contribution in [0.5, 0.6) is 0 Å². The molecule has 1 saturated carbocycles. The lowest BCUT2D eigenvalue weighted by molar-refractivity contribution is -0.130. The van der Waals surface area contributed by atoms with Gasteiger partial charge in [-0.25, -0.2) is 0 Å². The molecule has 2 aromatic rings. The predicted molar refractivity (Wildman–Crippen MR) is 91.1 cm³/mol. The van der Waals surface area contributed by atoms with Crippen LogP contribution in [0.3, 0.4) is 0 Å². The standard InChI is InChI=1S/C19H23N3O/c23-18(19-8-1-4-17(19)21-12-9-19)22-11-7-14-5-6-16-15(13-14)3-2-10-20-16/h2-3,5-6,10,13,17,21H,1,4,7-9,11-12H2,(H,22,23)/t17-,19+/m1/s1. The maximum Gasteiger partial charge on any atom is 0.227 e. The van der Waals surface area contributed by atoms with Gasteiger partial charge in [-0.2, -0.15) is 0 Å². The second-order valence-electron chi connectivity index (χ2n) is 6.84. The van der Waals surface area contributed by atoms with Gasteiger partial charge < -0.3 is 10.6 Å². The SMILES string of the molecule is O=C(NCCc1ccc2ncccc2c1)[C@]12CCC[C@H]1NCC2. The summed E-state index contributed by atoms with van der Waals surface area (Å²) >= 11 is 0. The van der Waals surface area contributed by atoms with Crippen LogP contribution in [0.4, 0.5) is 0 Å². The molecule has 0 unspecified atom stereocenters. The van der Waals surface area contributed by atoms with E-state index >= 15 is 0 Å². The number of hydrogen-bond acceptors (Lipinski definition) is 3. The highest BCUT2D eigenvalue weighted by Crippen LogP contribution is 2.44. The van der Waals surface area contributed by atoms with Crippen LogP contribution in [0.25, 0.3) is 10.9 Å². The van der Waals surface area contributed by atoms with Crippen molar-refractivity contribution in [3.8, 4) is 0 Å². The van der Waals surface area contributed by atoms with Crippen molar-refractivity contribution in [2.45, 2.75) is 38.1 Å². The topological polar surface area (TPSA) is 54.0 Å². The Bertz CT molecular complexity index is 717. The Kier molecular flexibility index (Phi) is 3.77. The zero-order valence-corrected chi connectivity index (χ0v) is 13.3. The van der Waals surface area contributed by atoms with Crippen molar-refractivity contribution >= 4 is 16.8 Å². The fourth-order valence-corrected chi connectivity index (χ4v) is 4.30. The maximum absolute atomic E-state index is 12.7. The molecule has 4 heteroatoms. The third-order valence-corrected chi connectivity index (χ3v) is 5.56. The number of pyridine rings is 1. The Balaban J connectivity index is 1.38. The molecule has 1 saturated heterocycles. The van der Waals surface area contributed by atoms with Gasteiger partial charge in [0, 0.05) is 24.2 Å². The Hall–Kier alpha value is -1.94. The first-order valence-corrected chi connectivity index (χ1v) is 8.63. The normalized spacial score (nSPS) is 26.3. The largest absolute Gasteiger partial charge is 0.355 e. The molecule has 2 N–H and O–H groups in total. The number of amides is 1. The van der Waals surface area contributed by atoms with E-state index in [0.717, 1.165) is 43.1 Å². The lowest BCUT2D eigenvalue weighted by atomic mass is 9.81. The Morgan fingerprint density at radius 3 is 3.26 bits per heavy atom. The fraction of sp³-hybridized carbons (Fsp3) is 0.474. The summed E-state index contributed by atoms with van der Waals surface area (Å²) in [6, 6.07) is 10.8. The minimum Gasteiger partial charge on any atom is -0.355 e. The van der Waals surface area contributed by atoms with Crippen LogP contribution in [-0.2, 0) is 11.2 Å². The van der Waals surface area contributed by atoms with E-state index < -0.39 is 0 Å². The molecule has 0 bridgehead atoms. The molecule has 1 aromatic carbocycles. The van der Waals surface area contributed by atoms with Gasteiger partial charge in [0.25, 0.3) is 0 Å². The molecule has 2 heterocycles. The molecule has 0 spiro atoms. The molecule has 1 aliphatic heterocycles. The summed E-state index contributed by atoms with van der Waals surface area (Å²) in [5, 5.41) is 7.85. The highest BCUT2D eigenvalue weighted by atomic mass is 16.2. The molecule has 1 aliphatic carbocycles. The van der Waals surface area contributed by atoms with E-state index in [-0.39, 0.29) is 11.3 Å². The van der Waals surface area contributed by atoms with E-state index in [9.17, 15) is 4.79 Å². The quantitative estimate of drug-likeness (QED) is 0.912. The summed E-state index contributed by atoms with van der Waals surface area (Å²) < 4.78 is 0. The molecule has 2 atom stereocenters. The summed E-state index contributed by atoms with van der Waals surface area (Å²) in [6.07, 6.45) is 7.02. The van der Waals surface area contributed by atoms with Crippen LogP contribution in [-0.4, -0.2) is 30.0 Å². The van der Waals surface area contributed by atoms with E-state index in [1.165, 1.54) is 12.0 Å². The van der Waals surface area contributed by atoms with Crippen LogP contribution in [0.15, 0.2) is 36.5 Å². The minimum atomic E-state index is -0.132. The summed E-state index contributed by atoms with van der Waals surface area (Å²) in [5.41, 5.74) is 2.13. The van der Waals surface area contributed by atoms with Crippen molar-refractivity contribution in [1.29, 1.82) is 0 Å². The van der Waals surface area contributed by atoms with Gasteiger partial charge in [-0.05, 0) is 56.0 Å². The van der Waals surface area contributed by atoms with Crippen LogP contribution in [0.1, 0.15) is 31.2 Å². The van der Waals surface area contributed by atoms with E-state index in [4.69, 9.17) is 0 Å². The third kappa shape index (κ3) is 2.61. The lowest BCUT2D eigenvalue weighted by Gasteiger charge is -2.27. The average molecular weight is 309 g/mol. The van der Waals surface area contributed by atoms with E-state index in [0.29, 0.717) is 12.6 Å². The number of hydrogen-bond donors (Lipinski definition) is 2. The molecule has 2 aliphatic rings. The fourth-order valence-electron chi connectivity index (χ4n) is 4.30. The van der Waals surface area contributed by atoms with Gasteiger partial charge in [-0.1, -0.05) is 18.6 Å². The summed E-state index contributed by atoms with van der Waals surface area (Å²) in [7, 11) is 0.